The molecule has 0 radical (unpaired) electrons. The van der Waals surface area contributed by atoms with Gasteiger partial charge in [0.2, 0.25) is 0 Å². The van der Waals surface area contributed by atoms with Crippen LogP contribution in [-0.2, 0) is 6.42 Å². The number of nitrogens with one attached hydrogen (secondary N) is 1. The van der Waals surface area contributed by atoms with E-state index in [2.05, 4.69) is 41.4 Å². The van der Waals surface area contributed by atoms with Crippen molar-refractivity contribution < 1.29 is 4.39 Å². The fourth-order valence-corrected chi connectivity index (χ4v) is 2.56. The minimum absolute atomic E-state index is 0.264. The van der Waals surface area contributed by atoms with Gasteiger partial charge in [-0.2, -0.15) is 5.10 Å². The highest BCUT2D eigenvalue weighted by molar-refractivity contribution is 9.10. The maximum absolute atomic E-state index is 13.1. The zero-order valence-electron chi connectivity index (χ0n) is 12.5. The number of anilines is 1. The van der Waals surface area contributed by atoms with Gasteiger partial charge in [-0.3, -0.25) is 15.4 Å². The lowest BCUT2D eigenvalue weighted by Gasteiger charge is -2.09. The van der Waals surface area contributed by atoms with Gasteiger partial charge < -0.3 is 0 Å². The second-order valence-electron chi connectivity index (χ2n) is 4.92. The fourth-order valence-electron chi connectivity index (χ4n) is 2.08. The zero-order chi connectivity index (χ0) is 16.8. The van der Waals surface area contributed by atoms with Gasteiger partial charge in [0.15, 0.2) is 5.82 Å². The number of hydrogen-bond donors (Lipinski definition) is 1. The van der Waals surface area contributed by atoms with Crippen molar-refractivity contribution in [1.29, 1.82) is 0 Å². The van der Waals surface area contributed by atoms with Crippen molar-refractivity contribution in [2.24, 2.45) is 5.10 Å². The monoisotopic (exact) mass is 385 g/mol. The van der Waals surface area contributed by atoms with Crippen LogP contribution in [0.5, 0.6) is 0 Å². The van der Waals surface area contributed by atoms with E-state index in [9.17, 15) is 4.39 Å². The van der Waals surface area contributed by atoms with Crippen LogP contribution in [0.15, 0.2) is 70.9 Å². The first kappa shape index (κ1) is 16.2. The number of aromatic nitrogens is 3. The van der Waals surface area contributed by atoms with Crippen molar-refractivity contribution in [1.82, 2.24) is 15.0 Å². The first-order valence-electron chi connectivity index (χ1n) is 7.15. The summed E-state index contributed by atoms with van der Waals surface area (Å²) in [5, 5.41) is 4.46. The third-order valence-electron chi connectivity index (χ3n) is 3.24. The summed E-state index contributed by atoms with van der Waals surface area (Å²) < 4.78 is 13.9. The minimum Gasteiger partial charge on any atom is -0.264 e. The molecule has 0 saturated carbocycles. The molecular formula is C17H13BrFN5. The molecule has 0 atom stereocenters. The largest absolute Gasteiger partial charge is 0.264 e. The van der Waals surface area contributed by atoms with E-state index in [-0.39, 0.29) is 5.82 Å². The molecule has 2 aromatic heterocycles. The molecule has 3 rings (SSSR count). The Kier molecular flexibility index (Phi) is 5.22. The van der Waals surface area contributed by atoms with E-state index in [1.165, 1.54) is 12.1 Å². The Balaban J connectivity index is 1.91. The third kappa shape index (κ3) is 4.20. The van der Waals surface area contributed by atoms with E-state index < -0.39 is 0 Å². The van der Waals surface area contributed by atoms with E-state index in [1.807, 2.05) is 6.07 Å². The lowest BCUT2D eigenvalue weighted by atomic mass is 10.0. The van der Waals surface area contributed by atoms with Gasteiger partial charge >= 0.3 is 0 Å². The van der Waals surface area contributed by atoms with Crippen molar-refractivity contribution in [3.8, 4) is 0 Å². The zero-order valence-corrected chi connectivity index (χ0v) is 14.1. The first-order valence-corrected chi connectivity index (χ1v) is 7.94. The SMILES string of the molecule is Fc1ccc(CC(=NNc2cnccn2)c2ccncc2Br)cc1. The Morgan fingerprint density at radius 2 is 1.83 bits per heavy atom. The highest BCUT2D eigenvalue weighted by Gasteiger charge is 2.10. The minimum atomic E-state index is -0.264. The number of benzene rings is 1. The van der Waals surface area contributed by atoms with Crippen molar-refractivity contribution >= 4 is 27.5 Å². The molecule has 1 N–H and O–H groups in total. The summed E-state index contributed by atoms with van der Waals surface area (Å²) in [6.07, 6.45) is 8.69. The van der Waals surface area contributed by atoms with E-state index in [1.54, 1.807) is 43.1 Å². The van der Waals surface area contributed by atoms with Crippen LogP contribution in [0.3, 0.4) is 0 Å². The molecule has 2 heterocycles. The lowest BCUT2D eigenvalue weighted by molar-refractivity contribution is 0.627. The predicted molar refractivity (Wildman–Crippen MR) is 94.2 cm³/mol. The van der Waals surface area contributed by atoms with Crippen LogP contribution < -0.4 is 5.43 Å². The summed E-state index contributed by atoms with van der Waals surface area (Å²) in [6.45, 7) is 0. The predicted octanol–water partition coefficient (Wildman–Crippen LogP) is 3.83. The summed E-state index contributed by atoms with van der Waals surface area (Å²) in [4.78, 5) is 12.2. The van der Waals surface area contributed by atoms with Gasteiger partial charge in [0.05, 0.1) is 11.9 Å². The van der Waals surface area contributed by atoms with Crippen LogP contribution in [0.2, 0.25) is 0 Å². The second kappa shape index (κ2) is 7.74. The molecule has 3 aromatic rings. The average Bonchev–Trinajstić information content (AvgIpc) is 2.62. The smallest absolute Gasteiger partial charge is 0.164 e. The molecule has 0 aliphatic rings. The molecule has 0 fully saturated rings. The van der Waals surface area contributed by atoms with Gasteiger partial charge in [-0.1, -0.05) is 12.1 Å². The fraction of sp³-hybridized carbons (Fsp3) is 0.0588. The molecule has 24 heavy (non-hydrogen) atoms. The Bertz CT molecular complexity index is 837. The molecule has 0 saturated heterocycles. The van der Waals surface area contributed by atoms with E-state index in [0.717, 1.165) is 21.3 Å². The molecule has 0 aliphatic carbocycles. The topological polar surface area (TPSA) is 63.1 Å². The van der Waals surface area contributed by atoms with E-state index in [0.29, 0.717) is 12.2 Å². The molecule has 120 valence electrons. The van der Waals surface area contributed by atoms with Gasteiger partial charge in [0.1, 0.15) is 5.82 Å². The van der Waals surface area contributed by atoms with Crippen LogP contribution in [0.25, 0.3) is 0 Å². The van der Waals surface area contributed by atoms with Crippen molar-refractivity contribution in [2.75, 3.05) is 5.43 Å². The highest BCUT2D eigenvalue weighted by Crippen LogP contribution is 2.18. The molecule has 0 spiro atoms. The molecule has 1 aromatic carbocycles. The van der Waals surface area contributed by atoms with Gasteiger partial charge in [-0.25, -0.2) is 9.37 Å². The highest BCUT2D eigenvalue weighted by atomic mass is 79.9. The van der Waals surface area contributed by atoms with Gasteiger partial charge in [-0.15, -0.1) is 0 Å². The molecule has 0 bridgehead atoms. The number of hydrazone groups is 1. The molecule has 0 aliphatic heterocycles. The van der Waals surface area contributed by atoms with Gasteiger partial charge in [-0.05, 0) is 39.7 Å². The summed E-state index contributed by atoms with van der Waals surface area (Å²) in [6, 6.07) is 8.21. The molecule has 0 amide bonds. The average molecular weight is 386 g/mol. The Hall–Kier alpha value is -2.67. The normalized spacial score (nSPS) is 11.3. The molecule has 0 unspecified atom stereocenters. The quantitative estimate of drug-likeness (QED) is 0.535. The van der Waals surface area contributed by atoms with Crippen molar-refractivity contribution in [3.63, 3.8) is 0 Å². The Morgan fingerprint density at radius 1 is 1.04 bits per heavy atom. The number of rotatable bonds is 5. The maximum atomic E-state index is 13.1. The summed E-state index contributed by atoms with van der Waals surface area (Å²) in [7, 11) is 0. The number of nitrogens with zero attached hydrogens (tertiary/aromatic N) is 4. The number of halogens is 2. The standard InChI is InChI=1S/C17H13BrFN5/c18-15-10-20-6-5-14(15)16(9-12-1-3-13(19)4-2-12)23-24-17-11-21-7-8-22-17/h1-8,10-11H,9H2,(H,22,24). The van der Waals surface area contributed by atoms with Crippen LogP contribution in [0.1, 0.15) is 11.1 Å². The van der Waals surface area contributed by atoms with Gasteiger partial charge in [0, 0.05) is 41.2 Å². The Labute approximate surface area is 146 Å². The van der Waals surface area contributed by atoms with Crippen LogP contribution in [0.4, 0.5) is 10.2 Å². The first-order chi connectivity index (χ1) is 11.7. The van der Waals surface area contributed by atoms with Crippen LogP contribution in [0, 0.1) is 5.82 Å². The number of hydrogen-bond acceptors (Lipinski definition) is 5. The van der Waals surface area contributed by atoms with E-state index in [4.69, 9.17) is 0 Å². The summed E-state index contributed by atoms with van der Waals surface area (Å²) >= 11 is 3.49. The molecular weight excluding hydrogens is 373 g/mol. The molecule has 5 nitrogen and oxygen atoms in total. The van der Waals surface area contributed by atoms with Gasteiger partial charge in [0.25, 0.3) is 0 Å². The van der Waals surface area contributed by atoms with Crippen molar-refractivity contribution in [2.45, 2.75) is 6.42 Å². The Morgan fingerprint density at radius 3 is 2.54 bits per heavy atom. The van der Waals surface area contributed by atoms with Crippen LogP contribution in [-0.4, -0.2) is 20.7 Å². The third-order valence-corrected chi connectivity index (χ3v) is 3.87. The van der Waals surface area contributed by atoms with Crippen LogP contribution >= 0.6 is 15.9 Å². The second-order valence-corrected chi connectivity index (χ2v) is 5.77. The summed E-state index contributed by atoms with van der Waals surface area (Å²) in [5.74, 6) is 0.277. The van der Waals surface area contributed by atoms with E-state index >= 15 is 0 Å². The molecule has 7 heteroatoms. The van der Waals surface area contributed by atoms with Crippen molar-refractivity contribution in [3.05, 3.63) is 82.7 Å². The number of pyridine rings is 1. The lowest BCUT2D eigenvalue weighted by Crippen LogP contribution is -2.10. The summed E-state index contributed by atoms with van der Waals surface area (Å²) in [5.41, 5.74) is 5.50. The maximum Gasteiger partial charge on any atom is 0.164 e.